The lowest BCUT2D eigenvalue weighted by Gasteiger charge is -2.32. The molecule has 38 heavy (non-hydrogen) atoms. The van der Waals surface area contributed by atoms with Gasteiger partial charge in [0.25, 0.3) is 11.5 Å². The molecule has 202 valence electrons. The third-order valence-corrected chi connectivity index (χ3v) is 6.26. The number of halogens is 3. The third kappa shape index (κ3) is 5.42. The highest BCUT2D eigenvalue weighted by molar-refractivity contribution is 5.92. The molecule has 0 unspecified atom stereocenters. The van der Waals surface area contributed by atoms with E-state index in [0.29, 0.717) is 36.5 Å². The van der Waals surface area contributed by atoms with E-state index >= 15 is 0 Å². The minimum absolute atomic E-state index is 0.0575. The molecule has 0 saturated carbocycles. The first-order valence-electron chi connectivity index (χ1n) is 11.6. The maximum atomic E-state index is 13.5. The number of methoxy groups -OCH3 is 2. The number of ether oxygens (including phenoxy) is 2. The van der Waals surface area contributed by atoms with Crippen LogP contribution in [-0.2, 0) is 12.7 Å². The average molecular weight is 534 g/mol. The summed E-state index contributed by atoms with van der Waals surface area (Å²) in [6, 6.07) is 8.75. The maximum Gasteiger partial charge on any atom is 0.416 e. The van der Waals surface area contributed by atoms with E-state index in [2.05, 4.69) is 5.10 Å². The molecule has 2 heterocycles. The molecule has 1 saturated heterocycles. The first-order chi connectivity index (χ1) is 18.0. The highest BCUT2D eigenvalue weighted by Crippen LogP contribution is 2.30. The molecule has 0 bridgehead atoms. The van der Waals surface area contributed by atoms with E-state index in [-0.39, 0.29) is 17.0 Å². The molecule has 0 spiro atoms. The summed E-state index contributed by atoms with van der Waals surface area (Å²) in [6.07, 6.45) is -4.61. The molecule has 1 amide bonds. The number of hydrogen-bond acceptors (Lipinski definition) is 7. The summed E-state index contributed by atoms with van der Waals surface area (Å²) in [5.41, 5.74) is -3.15. The molecule has 1 aromatic heterocycles. The van der Waals surface area contributed by atoms with Gasteiger partial charge in [0.2, 0.25) is 5.69 Å². The Morgan fingerprint density at radius 2 is 1.66 bits per heavy atom. The molecule has 0 atom stereocenters. The number of rotatable bonds is 6. The number of nitrogens with zero attached hydrogens (tertiary/aromatic N) is 5. The van der Waals surface area contributed by atoms with Crippen molar-refractivity contribution in [2.45, 2.75) is 12.7 Å². The molecular formula is C25H26F3N5O5. The smallest absolute Gasteiger partial charge is 0.416 e. The Morgan fingerprint density at radius 3 is 2.29 bits per heavy atom. The van der Waals surface area contributed by atoms with E-state index in [1.54, 1.807) is 0 Å². The first-order valence-corrected chi connectivity index (χ1v) is 11.6. The van der Waals surface area contributed by atoms with Crippen molar-refractivity contribution in [1.29, 1.82) is 0 Å². The molecule has 13 heteroatoms. The van der Waals surface area contributed by atoms with Gasteiger partial charge in [-0.25, -0.2) is 4.79 Å². The molecule has 0 N–H and O–H groups in total. The van der Waals surface area contributed by atoms with Gasteiger partial charge in [0, 0.05) is 32.2 Å². The standard InChI is InChI=1S/C25H26F3N5O5/c1-30-9-11-31(12-10-30)22(34)21-23(35)32(15-16-5-4-6-17(13-16)25(26,27)28)24(36)33(29-21)18-7-8-19(37-2)20(14-18)38-3/h4-8,13-14H,9-12,15H2,1-3H3. The number of amides is 1. The molecule has 0 aliphatic carbocycles. The average Bonchev–Trinajstić information content (AvgIpc) is 2.90. The van der Waals surface area contributed by atoms with Gasteiger partial charge >= 0.3 is 11.9 Å². The van der Waals surface area contributed by atoms with Crippen LogP contribution in [0, 0.1) is 0 Å². The Kier molecular flexibility index (Phi) is 7.58. The molecule has 0 radical (unpaired) electrons. The predicted molar refractivity (Wildman–Crippen MR) is 131 cm³/mol. The predicted octanol–water partition coefficient (Wildman–Crippen LogP) is 1.87. The Morgan fingerprint density at radius 1 is 0.974 bits per heavy atom. The van der Waals surface area contributed by atoms with Gasteiger partial charge in [-0.1, -0.05) is 12.1 Å². The van der Waals surface area contributed by atoms with E-state index in [4.69, 9.17) is 9.47 Å². The van der Waals surface area contributed by atoms with Crippen LogP contribution in [0.5, 0.6) is 11.5 Å². The maximum absolute atomic E-state index is 13.5. The van der Waals surface area contributed by atoms with Crippen molar-refractivity contribution in [2.75, 3.05) is 47.4 Å². The second-order valence-corrected chi connectivity index (χ2v) is 8.77. The lowest BCUT2D eigenvalue weighted by atomic mass is 10.1. The molecular weight excluding hydrogens is 507 g/mol. The summed E-state index contributed by atoms with van der Waals surface area (Å²) in [5, 5.41) is 4.12. The van der Waals surface area contributed by atoms with Crippen LogP contribution in [0.15, 0.2) is 52.1 Å². The van der Waals surface area contributed by atoms with Gasteiger partial charge in [-0.3, -0.25) is 14.2 Å². The van der Waals surface area contributed by atoms with Gasteiger partial charge in [0.1, 0.15) is 0 Å². The van der Waals surface area contributed by atoms with Crippen LogP contribution >= 0.6 is 0 Å². The zero-order chi connectivity index (χ0) is 27.6. The number of piperazine rings is 1. The lowest BCUT2D eigenvalue weighted by Crippen LogP contribution is -2.51. The third-order valence-electron chi connectivity index (χ3n) is 6.26. The second-order valence-electron chi connectivity index (χ2n) is 8.77. The molecule has 2 aromatic carbocycles. The van der Waals surface area contributed by atoms with Crippen molar-refractivity contribution >= 4 is 5.91 Å². The Labute approximate surface area is 215 Å². The monoisotopic (exact) mass is 533 g/mol. The lowest BCUT2D eigenvalue weighted by molar-refractivity contribution is -0.137. The van der Waals surface area contributed by atoms with Crippen LogP contribution in [-0.4, -0.2) is 77.5 Å². The number of carbonyl (C=O) groups excluding carboxylic acids is 1. The van der Waals surface area contributed by atoms with Gasteiger partial charge in [-0.2, -0.15) is 23.0 Å². The fourth-order valence-electron chi connectivity index (χ4n) is 4.10. The molecule has 4 rings (SSSR count). The van der Waals surface area contributed by atoms with E-state index in [1.165, 1.54) is 49.5 Å². The summed E-state index contributed by atoms with van der Waals surface area (Å²) in [7, 11) is 4.73. The van der Waals surface area contributed by atoms with Crippen LogP contribution in [0.4, 0.5) is 13.2 Å². The van der Waals surface area contributed by atoms with Gasteiger partial charge < -0.3 is 19.3 Å². The Bertz CT molecular complexity index is 1460. The van der Waals surface area contributed by atoms with Crippen LogP contribution < -0.4 is 20.7 Å². The molecule has 1 aliphatic rings. The first kappa shape index (κ1) is 26.9. The van der Waals surface area contributed by atoms with Crippen molar-refractivity contribution in [1.82, 2.24) is 24.1 Å². The summed E-state index contributed by atoms with van der Waals surface area (Å²) in [5.74, 6) is -0.0354. The topological polar surface area (TPSA) is 98.9 Å². The number of hydrogen-bond donors (Lipinski definition) is 0. The fourth-order valence-corrected chi connectivity index (χ4v) is 4.10. The largest absolute Gasteiger partial charge is 0.493 e. The van der Waals surface area contributed by atoms with Crippen molar-refractivity contribution in [2.24, 2.45) is 0 Å². The van der Waals surface area contributed by atoms with Gasteiger partial charge in [-0.15, -0.1) is 0 Å². The summed E-state index contributed by atoms with van der Waals surface area (Å²) < 4.78 is 51.9. The normalized spacial score (nSPS) is 14.4. The Hall–Kier alpha value is -4.13. The Balaban J connectivity index is 1.87. The quantitative estimate of drug-likeness (QED) is 0.477. The molecule has 10 nitrogen and oxygen atoms in total. The van der Waals surface area contributed by atoms with Gasteiger partial charge in [0.05, 0.1) is 32.0 Å². The van der Waals surface area contributed by atoms with Crippen molar-refractivity contribution in [3.63, 3.8) is 0 Å². The van der Waals surface area contributed by atoms with Crippen molar-refractivity contribution in [3.8, 4) is 17.2 Å². The number of aromatic nitrogens is 3. The summed E-state index contributed by atoms with van der Waals surface area (Å²) in [4.78, 5) is 43.7. The minimum Gasteiger partial charge on any atom is -0.493 e. The molecule has 1 aliphatic heterocycles. The van der Waals surface area contributed by atoms with E-state index < -0.39 is 41.1 Å². The number of benzene rings is 2. The SMILES string of the molecule is COc1ccc(-n2nc(C(=O)N3CCN(C)CC3)c(=O)n(Cc3cccc(C(F)(F)F)c3)c2=O)cc1OC. The minimum atomic E-state index is -4.61. The highest BCUT2D eigenvalue weighted by Gasteiger charge is 2.31. The summed E-state index contributed by atoms with van der Waals surface area (Å²) in [6.45, 7) is 1.36. The zero-order valence-corrected chi connectivity index (χ0v) is 21.0. The highest BCUT2D eigenvalue weighted by atomic mass is 19.4. The van der Waals surface area contributed by atoms with Crippen LogP contribution in [0.1, 0.15) is 21.6 Å². The van der Waals surface area contributed by atoms with E-state index in [0.717, 1.165) is 16.8 Å². The van der Waals surface area contributed by atoms with Crippen LogP contribution in [0.25, 0.3) is 5.69 Å². The second kappa shape index (κ2) is 10.7. The van der Waals surface area contributed by atoms with Gasteiger partial charge in [0.15, 0.2) is 11.5 Å². The van der Waals surface area contributed by atoms with Crippen LogP contribution in [0.2, 0.25) is 0 Å². The van der Waals surface area contributed by atoms with E-state index in [1.807, 2.05) is 11.9 Å². The van der Waals surface area contributed by atoms with Crippen molar-refractivity contribution < 1.29 is 27.4 Å². The zero-order valence-electron chi connectivity index (χ0n) is 21.0. The molecule has 3 aromatic rings. The van der Waals surface area contributed by atoms with Crippen LogP contribution in [0.3, 0.4) is 0 Å². The van der Waals surface area contributed by atoms with Gasteiger partial charge in [-0.05, 0) is 36.9 Å². The number of carbonyl (C=O) groups is 1. The summed E-state index contributed by atoms with van der Waals surface area (Å²) >= 11 is 0. The fraction of sp³-hybridized carbons (Fsp3) is 0.360. The molecule has 1 fully saturated rings. The number of alkyl halides is 3. The van der Waals surface area contributed by atoms with E-state index in [9.17, 15) is 27.6 Å². The van der Waals surface area contributed by atoms with Crippen molar-refractivity contribution in [3.05, 3.63) is 80.1 Å². The number of likely N-dealkylation sites (N-methyl/N-ethyl adjacent to an activating group) is 1.